The first-order valence-electron chi connectivity index (χ1n) is 10.4. The Morgan fingerprint density at radius 1 is 1.19 bits per heavy atom. The van der Waals surface area contributed by atoms with Gasteiger partial charge in [0, 0.05) is 12.0 Å². The molecule has 0 amide bonds. The molecule has 0 radical (unpaired) electrons. The zero-order chi connectivity index (χ0) is 19.7. The average molecular weight is 371 g/mol. The highest BCUT2D eigenvalue weighted by Gasteiger charge is 2.57. The van der Waals surface area contributed by atoms with Crippen LogP contribution in [0.1, 0.15) is 65.4 Å². The van der Waals surface area contributed by atoms with E-state index in [1.54, 1.807) is 6.08 Å². The molecule has 0 heterocycles. The first-order chi connectivity index (χ1) is 12.7. The molecule has 3 heteroatoms. The largest absolute Gasteiger partial charge is 0.458 e. The highest BCUT2D eigenvalue weighted by molar-refractivity contribution is 5.87. The highest BCUT2D eigenvalue weighted by atomic mass is 16.5. The SMILES string of the molecule is CC(C)[C@@H]1CC[C@@]2(C)CCC[C@@](C)(O)[C@@H]2[C@H]1OC(=O)/C=C/c1ccccc1. The number of carbonyl (C=O) groups is 1. The number of hydrogen-bond acceptors (Lipinski definition) is 3. The van der Waals surface area contributed by atoms with Gasteiger partial charge in [-0.1, -0.05) is 57.5 Å². The van der Waals surface area contributed by atoms with Crippen molar-refractivity contribution in [2.24, 2.45) is 23.2 Å². The van der Waals surface area contributed by atoms with E-state index in [0.717, 1.165) is 37.7 Å². The Labute approximate surface area is 163 Å². The average Bonchev–Trinajstić information content (AvgIpc) is 2.59. The Hall–Kier alpha value is -1.61. The Balaban J connectivity index is 1.83. The van der Waals surface area contributed by atoms with E-state index in [1.807, 2.05) is 37.3 Å². The molecule has 0 saturated heterocycles. The second kappa shape index (κ2) is 7.79. The summed E-state index contributed by atoms with van der Waals surface area (Å²) in [5, 5.41) is 11.2. The first-order valence-corrected chi connectivity index (χ1v) is 10.4. The predicted octanol–water partition coefficient (Wildman–Crippen LogP) is 5.24. The van der Waals surface area contributed by atoms with Crippen LogP contribution in [-0.4, -0.2) is 22.8 Å². The lowest BCUT2D eigenvalue weighted by molar-refractivity contribution is -0.201. The van der Waals surface area contributed by atoms with Crippen molar-refractivity contribution in [2.45, 2.75) is 71.5 Å². The molecule has 0 aliphatic heterocycles. The van der Waals surface area contributed by atoms with Gasteiger partial charge in [-0.3, -0.25) is 0 Å². The van der Waals surface area contributed by atoms with E-state index in [2.05, 4.69) is 20.8 Å². The standard InChI is InChI=1S/C24H34O3/c1-17(2)19-13-16-23(3)14-8-15-24(4,26)22(23)21(19)27-20(25)12-11-18-9-6-5-7-10-18/h5-7,9-12,17,19,21-22,26H,8,13-16H2,1-4H3/b12-11+/t19-,21-,22+,23+,24+/m0/s1. The number of aliphatic hydroxyl groups is 1. The van der Waals surface area contributed by atoms with Gasteiger partial charge in [-0.2, -0.15) is 0 Å². The molecular weight excluding hydrogens is 336 g/mol. The van der Waals surface area contributed by atoms with E-state index >= 15 is 0 Å². The Morgan fingerprint density at radius 2 is 1.89 bits per heavy atom. The molecule has 1 aromatic rings. The number of ether oxygens (including phenoxy) is 1. The van der Waals surface area contributed by atoms with Crippen LogP contribution < -0.4 is 0 Å². The molecule has 3 rings (SSSR count). The third-order valence-electron chi connectivity index (χ3n) is 6.97. The van der Waals surface area contributed by atoms with Crippen LogP contribution in [-0.2, 0) is 9.53 Å². The van der Waals surface area contributed by atoms with Gasteiger partial charge in [-0.15, -0.1) is 0 Å². The van der Waals surface area contributed by atoms with Crippen molar-refractivity contribution in [2.75, 3.05) is 0 Å². The van der Waals surface area contributed by atoms with E-state index in [0.29, 0.717) is 11.8 Å². The maximum Gasteiger partial charge on any atom is 0.331 e. The zero-order valence-corrected chi connectivity index (χ0v) is 17.2. The molecule has 0 bridgehead atoms. The molecule has 2 saturated carbocycles. The number of rotatable bonds is 4. The highest BCUT2D eigenvalue weighted by Crippen LogP contribution is 2.57. The van der Waals surface area contributed by atoms with Gasteiger partial charge in [-0.05, 0) is 61.5 Å². The Kier molecular flexibility index (Phi) is 5.81. The number of hydrogen-bond donors (Lipinski definition) is 1. The van der Waals surface area contributed by atoms with Crippen molar-refractivity contribution in [1.29, 1.82) is 0 Å². The van der Waals surface area contributed by atoms with Crippen molar-refractivity contribution < 1.29 is 14.6 Å². The lowest BCUT2D eigenvalue weighted by atomic mass is 9.51. The van der Waals surface area contributed by atoms with Gasteiger partial charge in [0.1, 0.15) is 6.10 Å². The van der Waals surface area contributed by atoms with E-state index in [1.165, 1.54) is 6.08 Å². The Morgan fingerprint density at radius 3 is 2.56 bits per heavy atom. The fraction of sp³-hybridized carbons (Fsp3) is 0.625. The van der Waals surface area contributed by atoms with Crippen molar-refractivity contribution in [3.63, 3.8) is 0 Å². The zero-order valence-electron chi connectivity index (χ0n) is 17.2. The molecule has 148 valence electrons. The summed E-state index contributed by atoms with van der Waals surface area (Å²) in [5.41, 5.74) is 0.239. The molecule has 0 unspecified atom stereocenters. The fourth-order valence-electron chi connectivity index (χ4n) is 5.62. The second-order valence-corrected chi connectivity index (χ2v) is 9.43. The second-order valence-electron chi connectivity index (χ2n) is 9.43. The number of benzene rings is 1. The smallest absolute Gasteiger partial charge is 0.331 e. The fourth-order valence-corrected chi connectivity index (χ4v) is 5.62. The maximum absolute atomic E-state index is 12.7. The number of carbonyl (C=O) groups excluding carboxylic acids is 1. The van der Waals surface area contributed by atoms with Gasteiger partial charge < -0.3 is 9.84 Å². The van der Waals surface area contributed by atoms with Crippen LogP contribution in [0.3, 0.4) is 0 Å². The van der Waals surface area contributed by atoms with Gasteiger partial charge in [0.2, 0.25) is 0 Å². The molecule has 2 fully saturated rings. The van der Waals surface area contributed by atoms with E-state index in [4.69, 9.17) is 4.74 Å². The van der Waals surface area contributed by atoms with Crippen LogP contribution in [0.2, 0.25) is 0 Å². The quantitative estimate of drug-likeness (QED) is 0.583. The van der Waals surface area contributed by atoms with E-state index < -0.39 is 5.60 Å². The summed E-state index contributed by atoms with van der Waals surface area (Å²) in [6.07, 6.45) is 8.18. The monoisotopic (exact) mass is 370 g/mol. The first kappa shape index (κ1) is 20.1. The summed E-state index contributed by atoms with van der Waals surface area (Å²) in [4.78, 5) is 12.7. The molecule has 0 spiro atoms. The summed E-state index contributed by atoms with van der Waals surface area (Å²) in [7, 11) is 0. The minimum Gasteiger partial charge on any atom is -0.458 e. The molecule has 27 heavy (non-hydrogen) atoms. The molecule has 2 aliphatic rings. The van der Waals surface area contributed by atoms with E-state index in [-0.39, 0.29) is 23.4 Å². The van der Waals surface area contributed by atoms with Crippen molar-refractivity contribution in [3.05, 3.63) is 42.0 Å². The number of esters is 1. The molecule has 1 aromatic carbocycles. The van der Waals surface area contributed by atoms with Gasteiger partial charge in [0.15, 0.2) is 0 Å². The van der Waals surface area contributed by atoms with Gasteiger partial charge in [0.05, 0.1) is 5.60 Å². The Bertz CT molecular complexity index is 676. The summed E-state index contributed by atoms with van der Waals surface area (Å²) in [6, 6.07) is 9.78. The third kappa shape index (κ3) is 4.29. The van der Waals surface area contributed by atoms with Crippen LogP contribution in [0.15, 0.2) is 36.4 Å². The normalized spacial score (nSPS) is 36.6. The summed E-state index contributed by atoms with van der Waals surface area (Å²) >= 11 is 0. The van der Waals surface area contributed by atoms with Crippen molar-refractivity contribution in [3.8, 4) is 0 Å². The molecule has 0 aromatic heterocycles. The topological polar surface area (TPSA) is 46.5 Å². The summed E-state index contributed by atoms with van der Waals surface area (Å²) in [5.74, 6) is 0.402. The molecule has 3 nitrogen and oxygen atoms in total. The van der Waals surface area contributed by atoms with Crippen molar-refractivity contribution in [1.82, 2.24) is 0 Å². The lowest BCUT2D eigenvalue weighted by Crippen LogP contribution is -2.59. The van der Waals surface area contributed by atoms with Crippen molar-refractivity contribution >= 4 is 12.0 Å². The van der Waals surface area contributed by atoms with E-state index in [9.17, 15) is 9.90 Å². The lowest BCUT2D eigenvalue weighted by Gasteiger charge is -2.57. The molecule has 2 aliphatic carbocycles. The maximum atomic E-state index is 12.7. The van der Waals surface area contributed by atoms with Crippen LogP contribution >= 0.6 is 0 Å². The summed E-state index contributed by atoms with van der Waals surface area (Å²) < 4.78 is 6.07. The van der Waals surface area contributed by atoms with Crippen LogP contribution in [0.5, 0.6) is 0 Å². The molecule has 5 atom stereocenters. The van der Waals surface area contributed by atoms with Gasteiger partial charge in [-0.25, -0.2) is 4.79 Å². The minimum absolute atomic E-state index is 0.00558. The number of fused-ring (bicyclic) bond motifs is 1. The molecular formula is C24H34O3. The van der Waals surface area contributed by atoms with Crippen LogP contribution in [0, 0.1) is 23.2 Å². The van der Waals surface area contributed by atoms with Gasteiger partial charge in [0.25, 0.3) is 0 Å². The van der Waals surface area contributed by atoms with Crippen LogP contribution in [0.4, 0.5) is 0 Å². The predicted molar refractivity (Wildman–Crippen MR) is 109 cm³/mol. The van der Waals surface area contributed by atoms with Crippen LogP contribution in [0.25, 0.3) is 6.08 Å². The summed E-state index contributed by atoms with van der Waals surface area (Å²) in [6.45, 7) is 8.62. The third-order valence-corrected chi connectivity index (χ3v) is 6.97. The van der Waals surface area contributed by atoms with Gasteiger partial charge >= 0.3 is 5.97 Å². The molecule has 1 N–H and O–H groups in total. The minimum atomic E-state index is -0.783.